The SMILES string of the molecule is O=C(O)C(CNC(=O)N1CC=CCC1)Cc1ccc2c(c1)OCO2. The van der Waals surface area contributed by atoms with Gasteiger partial charge in [0, 0.05) is 19.6 Å². The molecule has 2 amide bonds. The number of carbonyl (C=O) groups is 2. The Morgan fingerprint density at radius 2 is 2.08 bits per heavy atom. The lowest BCUT2D eigenvalue weighted by molar-refractivity contribution is -0.141. The minimum Gasteiger partial charge on any atom is -0.481 e. The molecule has 1 aromatic carbocycles. The fraction of sp³-hybridized carbons (Fsp3) is 0.412. The summed E-state index contributed by atoms with van der Waals surface area (Å²) in [5, 5.41) is 12.1. The Kier molecular flexibility index (Phi) is 4.88. The van der Waals surface area contributed by atoms with Crippen LogP contribution in [0.1, 0.15) is 12.0 Å². The number of amides is 2. The number of carbonyl (C=O) groups excluding carboxylic acids is 1. The lowest BCUT2D eigenvalue weighted by Crippen LogP contribution is -2.44. The highest BCUT2D eigenvalue weighted by Crippen LogP contribution is 2.33. The van der Waals surface area contributed by atoms with Crippen molar-refractivity contribution < 1.29 is 24.2 Å². The zero-order valence-corrected chi connectivity index (χ0v) is 13.2. The first-order valence-corrected chi connectivity index (χ1v) is 7.92. The number of benzene rings is 1. The van der Waals surface area contributed by atoms with Gasteiger partial charge in [0.2, 0.25) is 6.79 Å². The van der Waals surface area contributed by atoms with E-state index in [-0.39, 0.29) is 19.4 Å². The molecule has 0 aliphatic carbocycles. The van der Waals surface area contributed by atoms with E-state index >= 15 is 0 Å². The van der Waals surface area contributed by atoms with E-state index in [4.69, 9.17) is 9.47 Å². The molecule has 2 heterocycles. The van der Waals surface area contributed by atoms with Gasteiger partial charge < -0.3 is 24.8 Å². The number of rotatable bonds is 5. The number of nitrogens with zero attached hydrogens (tertiary/aromatic N) is 1. The van der Waals surface area contributed by atoms with Gasteiger partial charge in [0.15, 0.2) is 11.5 Å². The molecule has 2 aliphatic heterocycles. The maximum Gasteiger partial charge on any atom is 0.317 e. The summed E-state index contributed by atoms with van der Waals surface area (Å²) in [5.41, 5.74) is 0.835. The van der Waals surface area contributed by atoms with Crippen LogP contribution in [0, 0.1) is 5.92 Å². The van der Waals surface area contributed by atoms with Gasteiger partial charge in [0.1, 0.15) is 0 Å². The lowest BCUT2D eigenvalue weighted by Gasteiger charge is -2.24. The molecule has 24 heavy (non-hydrogen) atoms. The molecule has 0 saturated carbocycles. The van der Waals surface area contributed by atoms with Gasteiger partial charge in [-0.15, -0.1) is 0 Å². The molecule has 1 atom stereocenters. The maximum absolute atomic E-state index is 12.1. The van der Waals surface area contributed by atoms with Gasteiger partial charge in [-0.25, -0.2) is 4.79 Å². The smallest absolute Gasteiger partial charge is 0.317 e. The highest BCUT2D eigenvalue weighted by Gasteiger charge is 2.22. The number of nitrogens with one attached hydrogen (secondary N) is 1. The summed E-state index contributed by atoms with van der Waals surface area (Å²) >= 11 is 0. The Labute approximate surface area is 139 Å². The van der Waals surface area contributed by atoms with Crippen molar-refractivity contribution in [2.24, 2.45) is 5.92 Å². The summed E-state index contributed by atoms with van der Waals surface area (Å²) in [7, 11) is 0. The Morgan fingerprint density at radius 3 is 2.83 bits per heavy atom. The number of hydrogen-bond acceptors (Lipinski definition) is 4. The predicted octanol–water partition coefficient (Wildman–Crippen LogP) is 1.63. The number of hydrogen-bond donors (Lipinski definition) is 2. The largest absolute Gasteiger partial charge is 0.481 e. The molecule has 0 aromatic heterocycles. The molecule has 0 radical (unpaired) electrons. The van der Waals surface area contributed by atoms with E-state index in [9.17, 15) is 14.7 Å². The Balaban J connectivity index is 1.57. The standard InChI is InChI=1S/C17H20N2O5/c20-16(21)13(10-18-17(22)19-6-2-1-3-7-19)8-12-4-5-14-15(9-12)24-11-23-14/h1-2,4-5,9,13H,3,6-8,10-11H2,(H,18,22)(H,20,21). The summed E-state index contributed by atoms with van der Waals surface area (Å²) in [6.45, 7) is 1.48. The minimum absolute atomic E-state index is 0.0861. The molecule has 2 aliphatic rings. The molecule has 2 N–H and O–H groups in total. The monoisotopic (exact) mass is 332 g/mol. The number of aliphatic carboxylic acids is 1. The summed E-state index contributed by atoms with van der Waals surface area (Å²) in [5.74, 6) is -0.348. The van der Waals surface area contributed by atoms with E-state index in [1.165, 1.54) is 0 Å². The van der Waals surface area contributed by atoms with Crippen molar-refractivity contribution in [3.63, 3.8) is 0 Å². The highest BCUT2D eigenvalue weighted by atomic mass is 16.7. The normalized spacial score (nSPS) is 16.8. The number of ether oxygens (including phenoxy) is 2. The Hall–Kier alpha value is -2.70. The van der Waals surface area contributed by atoms with Gasteiger partial charge in [-0.2, -0.15) is 0 Å². The van der Waals surface area contributed by atoms with Gasteiger partial charge in [0.25, 0.3) is 0 Å². The van der Waals surface area contributed by atoms with E-state index in [2.05, 4.69) is 5.32 Å². The number of carboxylic acid groups (broad SMARTS) is 1. The molecule has 3 rings (SSSR count). The third kappa shape index (κ3) is 3.79. The molecule has 0 saturated heterocycles. The minimum atomic E-state index is -0.938. The van der Waals surface area contributed by atoms with Crippen molar-refractivity contribution >= 4 is 12.0 Å². The van der Waals surface area contributed by atoms with E-state index in [1.54, 1.807) is 17.0 Å². The van der Waals surface area contributed by atoms with Crippen LogP contribution in [0.2, 0.25) is 0 Å². The third-order valence-electron chi connectivity index (χ3n) is 4.11. The molecule has 128 valence electrons. The van der Waals surface area contributed by atoms with Crippen LogP contribution in [-0.2, 0) is 11.2 Å². The van der Waals surface area contributed by atoms with E-state index < -0.39 is 11.9 Å². The second-order valence-corrected chi connectivity index (χ2v) is 5.82. The van der Waals surface area contributed by atoms with Crippen LogP contribution in [0.5, 0.6) is 11.5 Å². The molecule has 0 fully saturated rings. The zero-order chi connectivity index (χ0) is 16.9. The fourth-order valence-electron chi connectivity index (χ4n) is 2.75. The summed E-state index contributed by atoms with van der Waals surface area (Å²) in [6.07, 6.45) is 5.10. The quantitative estimate of drug-likeness (QED) is 0.800. The van der Waals surface area contributed by atoms with Crippen LogP contribution >= 0.6 is 0 Å². The topological polar surface area (TPSA) is 88.1 Å². The number of urea groups is 1. The van der Waals surface area contributed by atoms with Crippen molar-refractivity contribution in [1.29, 1.82) is 0 Å². The first kappa shape index (κ1) is 16.2. The molecule has 1 aromatic rings. The lowest BCUT2D eigenvalue weighted by atomic mass is 9.99. The van der Waals surface area contributed by atoms with Crippen LogP contribution in [0.25, 0.3) is 0 Å². The first-order chi connectivity index (χ1) is 11.6. The van der Waals surface area contributed by atoms with E-state index in [0.717, 1.165) is 12.0 Å². The molecule has 1 unspecified atom stereocenters. The number of fused-ring (bicyclic) bond motifs is 1. The molecule has 7 nitrogen and oxygen atoms in total. The van der Waals surface area contributed by atoms with Crippen LogP contribution in [0.3, 0.4) is 0 Å². The van der Waals surface area contributed by atoms with Crippen LogP contribution in [0.4, 0.5) is 4.79 Å². The Morgan fingerprint density at radius 1 is 1.25 bits per heavy atom. The highest BCUT2D eigenvalue weighted by molar-refractivity contribution is 5.76. The first-order valence-electron chi connectivity index (χ1n) is 7.92. The molecule has 0 bridgehead atoms. The van der Waals surface area contributed by atoms with Crippen molar-refractivity contribution in [3.8, 4) is 11.5 Å². The fourth-order valence-corrected chi connectivity index (χ4v) is 2.75. The average molecular weight is 332 g/mol. The van der Waals surface area contributed by atoms with Gasteiger partial charge in [-0.05, 0) is 30.5 Å². The van der Waals surface area contributed by atoms with Crippen molar-refractivity contribution in [1.82, 2.24) is 10.2 Å². The van der Waals surface area contributed by atoms with Gasteiger partial charge in [-0.1, -0.05) is 18.2 Å². The van der Waals surface area contributed by atoms with E-state index in [0.29, 0.717) is 31.0 Å². The van der Waals surface area contributed by atoms with Gasteiger partial charge in [-0.3, -0.25) is 4.79 Å². The maximum atomic E-state index is 12.1. The molecule has 0 spiro atoms. The van der Waals surface area contributed by atoms with Gasteiger partial charge >= 0.3 is 12.0 Å². The average Bonchev–Trinajstić information content (AvgIpc) is 3.06. The Bertz CT molecular complexity index is 658. The van der Waals surface area contributed by atoms with Gasteiger partial charge in [0.05, 0.1) is 5.92 Å². The van der Waals surface area contributed by atoms with Crippen molar-refractivity contribution in [3.05, 3.63) is 35.9 Å². The van der Waals surface area contributed by atoms with Crippen LogP contribution in [-0.4, -0.2) is 48.4 Å². The summed E-state index contributed by atoms with van der Waals surface area (Å²) in [6, 6.07) is 5.15. The second-order valence-electron chi connectivity index (χ2n) is 5.82. The molecule has 7 heteroatoms. The molecular weight excluding hydrogens is 312 g/mol. The molecular formula is C17H20N2O5. The van der Waals surface area contributed by atoms with Crippen molar-refractivity contribution in [2.45, 2.75) is 12.8 Å². The van der Waals surface area contributed by atoms with Crippen LogP contribution in [0.15, 0.2) is 30.4 Å². The number of carboxylic acids is 1. The summed E-state index contributed by atoms with van der Waals surface area (Å²) < 4.78 is 10.6. The zero-order valence-electron chi connectivity index (χ0n) is 13.2. The second kappa shape index (κ2) is 7.25. The van der Waals surface area contributed by atoms with Crippen molar-refractivity contribution in [2.75, 3.05) is 26.4 Å². The van der Waals surface area contributed by atoms with E-state index in [1.807, 2.05) is 18.2 Å². The van der Waals surface area contributed by atoms with Crippen LogP contribution < -0.4 is 14.8 Å². The summed E-state index contributed by atoms with van der Waals surface area (Å²) in [4.78, 5) is 25.2. The predicted molar refractivity (Wildman–Crippen MR) is 86.1 cm³/mol. The third-order valence-corrected chi connectivity index (χ3v) is 4.11.